The lowest BCUT2D eigenvalue weighted by atomic mass is 10.0. The van der Waals surface area contributed by atoms with E-state index in [-0.39, 0.29) is 11.5 Å². The Morgan fingerprint density at radius 1 is 1.12 bits per heavy atom. The van der Waals surface area contributed by atoms with Gasteiger partial charge in [0.25, 0.3) is 0 Å². The van der Waals surface area contributed by atoms with Crippen molar-refractivity contribution in [2.75, 3.05) is 11.9 Å². The fourth-order valence-corrected chi connectivity index (χ4v) is 3.46. The molecule has 0 atom stereocenters. The maximum Gasteiger partial charge on any atom is 0.197 e. The summed E-state index contributed by atoms with van der Waals surface area (Å²) in [6.07, 6.45) is 2.12. The zero-order valence-electron chi connectivity index (χ0n) is 13.1. The fraction of sp³-hybridized carbons (Fsp3) is 0.211. The summed E-state index contributed by atoms with van der Waals surface area (Å²) in [7, 11) is 0. The molecule has 4 nitrogen and oxygen atoms in total. The molecule has 4 rings (SSSR count). The molecule has 2 aromatic carbocycles. The first-order valence-corrected chi connectivity index (χ1v) is 8.42. The highest BCUT2D eigenvalue weighted by Crippen LogP contribution is 2.35. The molecule has 0 saturated carbocycles. The topological polar surface area (TPSA) is 54.3 Å². The second kappa shape index (κ2) is 5.87. The molecular formula is C19H17ClN2O2. The molecule has 3 aromatic rings. The van der Waals surface area contributed by atoms with Crippen LogP contribution in [0.2, 0.25) is 5.02 Å². The summed E-state index contributed by atoms with van der Waals surface area (Å²) in [5, 5.41) is 14.7. The van der Waals surface area contributed by atoms with E-state index in [2.05, 4.69) is 9.88 Å². The van der Waals surface area contributed by atoms with E-state index >= 15 is 0 Å². The third-order valence-corrected chi connectivity index (χ3v) is 4.73. The molecule has 0 unspecified atom stereocenters. The van der Waals surface area contributed by atoms with Crippen molar-refractivity contribution in [3.63, 3.8) is 0 Å². The first-order valence-electron chi connectivity index (χ1n) is 8.04. The number of aromatic nitrogens is 1. The van der Waals surface area contributed by atoms with E-state index in [0.717, 1.165) is 42.7 Å². The Morgan fingerprint density at radius 3 is 2.71 bits per heavy atom. The number of fused-ring (bicyclic) bond motifs is 3. The van der Waals surface area contributed by atoms with Gasteiger partial charge in [0.05, 0.1) is 11.1 Å². The van der Waals surface area contributed by atoms with Crippen molar-refractivity contribution < 1.29 is 9.90 Å². The van der Waals surface area contributed by atoms with Gasteiger partial charge in [0, 0.05) is 29.1 Å². The van der Waals surface area contributed by atoms with Gasteiger partial charge in [0.1, 0.15) is 11.6 Å². The van der Waals surface area contributed by atoms with Crippen molar-refractivity contribution in [1.82, 2.24) is 4.57 Å². The number of halogens is 1. The second-order valence-corrected chi connectivity index (χ2v) is 6.48. The zero-order valence-corrected chi connectivity index (χ0v) is 13.8. The molecule has 0 radical (unpaired) electrons. The number of nitrogens with one attached hydrogen (secondary N) is 1. The number of aryl methyl sites for hydroxylation is 1. The van der Waals surface area contributed by atoms with Crippen molar-refractivity contribution in [3.05, 3.63) is 58.6 Å². The average molecular weight is 341 g/mol. The summed E-state index contributed by atoms with van der Waals surface area (Å²) in [4.78, 5) is 13.2. The summed E-state index contributed by atoms with van der Waals surface area (Å²) in [5.74, 6) is 0.937. The first kappa shape index (κ1) is 15.1. The van der Waals surface area contributed by atoms with Crippen LogP contribution < -0.4 is 5.32 Å². The lowest BCUT2D eigenvalue weighted by Crippen LogP contribution is -2.08. The Bertz CT molecular complexity index is 929. The largest absolute Gasteiger partial charge is 0.508 e. The van der Waals surface area contributed by atoms with Gasteiger partial charge in [-0.15, -0.1) is 0 Å². The Kier molecular flexibility index (Phi) is 3.69. The van der Waals surface area contributed by atoms with Crippen LogP contribution in [0.1, 0.15) is 28.8 Å². The summed E-state index contributed by atoms with van der Waals surface area (Å²) in [6, 6.07) is 12.1. The molecule has 0 aliphatic carbocycles. The maximum atomic E-state index is 13.2. The van der Waals surface area contributed by atoms with E-state index < -0.39 is 0 Å². The van der Waals surface area contributed by atoms with Crippen LogP contribution in [0.3, 0.4) is 0 Å². The average Bonchev–Trinajstić information content (AvgIpc) is 2.72. The van der Waals surface area contributed by atoms with Crippen LogP contribution in [0.15, 0.2) is 42.5 Å². The lowest BCUT2D eigenvalue weighted by molar-refractivity contribution is 0.104. The van der Waals surface area contributed by atoms with Crippen molar-refractivity contribution in [1.29, 1.82) is 0 Å². The zero-order chi connectivity index (χ0) is 16.7. The molecule has 122 valence electrons. The molecule has 2 N–H and O–H groups in total. The molecular weight excluding hydrogens is 324 g/mol. The number of hydrogen-bond acceptors (Lipinski definition) is 3. The van der Waals surface area contributed by atoms with Crippen LogP contribution in [-0.4, -0.2) is 22.0 Å². The number of phenols is 1. The van der Waals surface area contributed by atoms with Crippen LogP contribution in [-0.2, 0) is 6.54 Å². The van der Waals surface area contributed by atoms with E-state index in [9.17, 15) is 9.90 Å². The molecule has 0 spiro atoms. The van der Waals surface area contributed by atoms with E-state index in [1.54, 1.807) is 36.4 Å². The molecule has 5 heteroatoms. The van der Waals surface area contributed by atoms with Crippen LogP contribution in [0.5, 0.6) is 5.75 Å². The van der Waals surface area contributed by atoms with E-state index in [4.69, 9.17) is 11.6 Å². The number of aromatic hydroxyl groups is 1. The number of nitrogens with zero attached hydrogens (tertiary/aromatic N) is 1. The molecule has 2 heterocycles. The van der Waals surface area contributed by atoms with Crippen molar-refractivity contribution in [2.45, 2.75) is 19.4 Å². The number of hydrogen-bond donors (Lipinski definition) is 2. The monoisotopic (exact) mass is 340 g/mol. The Labute approximate surface area is 144 Å². The van der Waals surface area contributed by atoms with Gasteiger partial charge in [0.15, 0.2) is 5.78 Å². The van der Waals surface area contributed by atoms with E-state index in [1.807, 2.05) is 6.07 Å². The highest BCUT2D eigenvalue weighted by atomic mass is 35.5. The normalized spacial score (nSPS) is 14.0. The summed E-state index contributed by atoms with van der Waals surface area (Å²) >= 11 is 5.93. The highest BCUT2D eigenvalue weighted by Gasteiger charge is 2.24. The molecule has 1 aliphatic rings. The minimum atomic E-state index is -0.0644. The molecule has 1 aliphatic heterocycles. The lowest BCUT2D eigenvalue weighted by Gasteiger charge is -2.09. The maximum absolute atomic E-state index is 13.2. The predicted molar refractivity (Wildman–Crippen MR) is 96.2 cm³/mol. The molecule has 0 amide bonds. The van der Waals surface area contributed by atoms with Gasteiger partial charge in [0.2, 0.25) is 0 Å². The fourth-order valence-electron chi connectivity index (χ4n) is 3.34. The Hall–Kier alpha value is -2.46. The van der Waals surface area contributed by atoms with Crippen molar-refractivity contribution in [2.24, 2.45) is 0 Å². The molecule has 0 bridgehead atoms. The standard InChI is InChI=1S/C19H17ClN2O2/c20-13-5-3-12(4-6-13)18(24)17-15-11-14(23)7-8-16(15)22-10-2-1-9-21-19(17)22/h3-8,11,21,23H,1-2,9-10H2. The van der Waals surface area contributed by atoms with Crippen molar-refractivity contribution in [3.8, 4) is 5.75 Å². The summed E-state index contributed by atoms with van der Waals surface area (Å²) in [6.45, 7) is 1.70. The first-order chi connectivity index (χ1) is 11.6. The highest BCUT2D eigenvalue weighted by molar-refractivity contribution is 6.30. The minimum absolute atomic E-state index is 0.0644. The molecule has 1 aromatic heterocycles. The Morgan fingerprint density at radius 2 is 1.92 bits per heavy atom. The summed E-state index contributed by atoms with van der Waals surface area (Å²) in [5.41, 5.74) is 2.17. The Balaban J connectivity index is 1.96. The molecule has 0 fully saturated rings. The van der Waals surface area contributed by atoms with Crippen molar-refractivity contribution >= 4 is 34.1 Å². The van der Waals surface area contributed by atoms with Gasteiger partial charge >= 0.3 is 0 Å². The third kappa shape index (κ3) is 2.43. The van der Waals surface area contributed by atoms with Crippen LogP contribution in [0.25, 0.3) is 10.9 Å². The van der Waals surface area contributed by atoms with Crippen LogP contribution in [0.4, 0.5) is 5.82 Å². The minimum Gasteiger partial charge on any atom is -0.508 e. The number of phenolic OH excluding ortho intramolecular Hbond substituents is 1. The number of carbonyl (C=O) groups is 1. The second-order valence-electron chi connectivity index (χ2n) is 6.05. The molecule has 0 saturated heterocycles. The van der Waals surface area contributed by atoms with Gasteiger partial charge in [-0.25, -0.2) is 0 Å². The van der Waals surface area contributed by atoms with Crippen LogP contribution in [0, 0.1) is 0 Å². The predicted octanol–water partition coefficient (Wildman–Crippen LogP) is 4.44. The van der Waals surface area contributed by atoms with Gasteiger partial charge in [-0.05, 0) is 55.3 Å². The van der Waals surface area contributed by atoms with Gasteiger partial charge < -0.3 is 15.0 Å². The van der Waals surface area contributed by atoms with E-state index in [0.29, 0.717) is 16.1 Å². The van der Waals surface area contributed by atoms with Gasteiger partial charge in [-0.1, -0.05) is 11.6 Å². The number of anilines is 1. The third-order valence-electron chi connectivity index (χ3n) is 4.48. The van der Waals surface area contributed by atoms with Gasteiger partial charge in [-0.2, -0.15) is 0 Å². The number of ketones is 1. The number of benzene rings is 2. The smallest absolute Gasteiger partial charge is 0.197 e. The van der Waals surface area contributed by atoms with E-state index in [1.165, 1.54) is 0 Å². The summed E-state index contributed by atoms with van der Waals surface area (Å²) < 4.78 is 2.14. The molecule has 24 heavy (non-hydrogen) atoms. The SMILES string of the molecule is O=C(c1ccc(Cl)cc1)c1c2n(c3ccc(O)cc13)CCCCN2. The van der Waals surface area contributed by atoms with Gasteiger partial charge in [-0.3, -0.25) is 4.79 Å². The number of carbonyl (C=O) groups excluding carboxylic acids is 1. The quantitative estimate of drug-likeness (QED) is 0.678. The van der Waals surface area contributed by atoms with Crippen LogP contribution >= 0.6 is 11.6 Å². The number of rotatable bonds is 2.